The summed E-state index contributed by atoms with van der Waals surface area (Å²) in [5.74, 6) is 0.808. The van der Waals surface area contributed by atoms with Crippen molar-refractivity contribution in [2.24, 2.45) is 0 Å². The number of aromatic amines is 1. The average Bonchev–Trinajstić information content (AvgIpc) is 2.70. The van der Waals surface area contributed by atoms with Crippen LogP contribution >= 0.6 is 12.2 Å². The fourth-order valence-electron chi connectivity index (χ4n) is 1.62. The number of methoxy groups -OCH3 is 1. The molecule has 0 saturated carbocycles. The number of aromatic nitrogens is 2. The second-order valence-corrected chi connectivity index (χ2v) is 3.90. The van der Waals surface area contributed by atoms with E-state index in [2.05, 4.69) is 12.0 Å². The van der Waals surface area contributed by atoms with E-state index >= 15 is 0 Å². The van der Waals surface area contributed by atoms with Gasteiger partial charge in [0.1, 0.15) is 16.1 Å². The smallest absolute Gasteiger partial charge is 0.144 e. The molecule has 0 amide bonds. The highest BCUT2D eigenvalue weighted by Gasteiger charge is 2.06. The van der Waals surface area contributed by atoms with Crippen molar-refractivity contribution in [3.05, 3.63) is 40.7 Å². The first-order chi connectivity index (χ1) is 7.76. The second-order valence-electron chi connectivity index (χ2n) is 3.48. The lowest BCUT2D eigenvalue weighted by atomic mass is 10.3. The van der Waals surface area contributed by atoms with Crippen molar-refractivity contribution in [3.8, 4) is 11.4 Å². The molecule has 0 aliphatic carbocycles. The van der Waals surface area contributed by atoms with Gasteiger partial charge < -0.3 is 4.74 Å². The van der Waals surface area contributed by atoms with E-state index in [0.717, 1.165) is 28.2 Å². The maximum Gasteiger partial charge on any atom is 0.144 e. The van der Waals surface area contributed by atoms with E-state index in [-0.39, 0.29) is 0 Å². The van der Waals surface area contributed by atoms with E-state index < -0.39 is 0 Å². The van der Waals surface area contributed by atoms with Crippen LogP contribution in [0.15, 0.2) is 30.3 Å². The van der Waals surface area contributed by atoms with E-state index in [1.165, 1.54) is 0 Å². The van der Waals surface area contributed by atoms with Gasteiger partial charge in [0, 0.05) is 5.69 Å². The molecule has 0 fully saturated rings. The quantitative estimate of drug-likeness (QED) is 0.827. The summed E-state index contributed by atoms with van der Waals surface area (Å²) >= 11 is 5.30. The van der Waals surface area contributed by atoms with Gasteiger partial charge in [-0.2, -0.15) is 0 Å². The number of nitrogens with one attached hydrogen (secondary N) is 1. The molecule has 1 aromatic heterocycles. The summed E-state index contributed by atoms with van der Waals surface area (Å²) in [5.41, 5.74) is 2.06. The molecule has 0 unspecified atom stereocenters. The van der Waals surface area contributed by atoms with E-state index in [4.69, 9.17) is 17.0 Å². The number of benzene rings is 1. The number of aryl methyl sites for hydroxylation is 1. The number of ether oxygens (including phenoxy) is 1. The zero-order valence-corrected chi connectivity index (χ0v) is 10.2. The Labute approximate surface area is 99.7 Å². The molecule has 84 valence electrons. The average molecular weight is 234 g/mol. The van der Waals surface area contributed by atoms with Gasteiger partial charge in [0.25, 0.3) is 0 Å². The van der Waals surface area contributed by atoms with Gasteiger partial charge in [-0.25, -0.2) is 4.68 Å². The molecule has 4 heteroatoms. The van der Waals surface area contributed by atoms with Gasteiger partial charge in [-0.3, -0.25) is 5.10 Å². The molecule has 0 aliphatic rings. The molecule has 1 aromatic carbocycles. The van der Waals surface area contributed by atoms with Crippen LogP contribution in [0.1, 0.15) is 12.6 Å². The Bertz CT molecular complexity index is 542. The van der Waals surface area contributed by atoms with Crippen molar-refractivity contribution in [1.82, 2.24) is 9.78 Å². The molecule has 0 atom stereocenters. The molecule has 0 radical (unpaired) electrons. The third-order valence-electron chi connectivity index (χ3n) is 2.48. The van der Waals surface area contributed by atoms with Crippen LogP contribution in [0, 0.1) is 4.64 Å². The van der Waals surface area contributed by atoms with Gasteiger partial charge in [-0.05, 0) is 24.6 Å². The van der Waals surface area contributed by atoms with Crippen LogP contribution in [0.3, 0.4) is 0 Å². The summed E-state index contributed by atoms with van der Waals surface area (Å²) in [7, 11) is 1.66. The van der Waals surface area contributed by atoms with Crippen LogP contribution in [0.25, 0.3) is 5.69 Å². The molecule has 16 heavy (non-hydrogen) atoms. The zero-order valence-electron chi connectivity index (χ0n) is 9.36. The Morgan fingerprint density at radius 1 is 1.38 bits per heavy atom. The maximum absolute atomic E-state index is 5.31. The maximum atomic E-state index is 5.31. The summed E-state index contributed by atoms with van der Waals surface area (Å²) in [5, 5.41) is 3.25. The summed E-state index contributed by atoms with van der Waals surface area (Å²) < 4.78 is 7.94. The topological polar surface area (TPSA) is 29.9 Å². The summed E-state index contributed by atoms with van der Waals surface area (Å²) in [6.07, 6.45) is 0.936. The molecule has 0 saturated heterocycles. The number of H-pyrrole nitrogens is 1. The van der Waals surface area contributed by atoms with Crippen LogP contribution in [-0.4, -0.2) is 16.9 Å². The Morgan fingerprint density at radius 3 is 2.75 bits per heavy atom. The molecule has 0 bridgehead atoms. The molecule has 2 aromatic rings. The number of para-hydroxylation sites is 2. The second kappa shape index (κ2) is 4.53. The SMILES string of the molecule is CCc1cc(=S)n(-c2ccccc2OC)[nH]1. The molecule has 2 rings (SSSR count). The first kappa shape index (κ1) is 11.0. The Hall–Kier alpha value is -1.55. The number of hydrogen-bond donors (Lipinski definition) is 1. The standard InChI is InChI=1S/C12H14N2OS/c1-3-9-8-12(16)14(13-9)10-6-4-5-7-11(10)15-2/h4-8,13H,3H2,1-2H3. The van der Waals surface area contributed by atoms with Crippen LogP contribution in [-0.2, 0) is 6.42 Å². The fourth-order valence-corrected chi connectivity index (χ4v) is 1.91. The lowest BCUT2D eigenvalue weighted by Gasteiger charge is -2.08. The minimum atomic E-state index is 0.765. The van der Waals surface area contributed by atoms with Gasteiger partial charge in [0.15, 0.2) is 0 Å². The van der Waals surface area contributed by atoms with E-state index in [1.54, 1.807) is 7.11 Å². The fraction of sp³-hybridized carbons (Fsp3) is 0.250. The highest BCUT2D eigenvalue weighted by atomic mass is 32.1. The van der Waals surface area contributed by atoms with Crippen molar-refractivity contribution >= 4 is 12.2 Å². The minimum Gasteiger partial charge on any atom is -0.494 e. The van der Waals surface area contributed by atoms with E-state index in [9.17, 15) is 0 Å². The largest absolute Gasteiger partial charge is 0.494 e. The van der Waals surface area contributed by atoms with Crippen molar-refractivity contribution in [2.45, 2.75) is 13.3 Å². The summed E-state index contributed by atoms with van der Waals surface area (Å²) in [6, 6.07) is 9.78. The van der Waals surface area contributed by atoms with E-state index in [1.807, 2.05) is 35.0 Å². The molecule has 3 nitrogen and oxygen atoms in total. The van der Waals surface area contributed by atoms with Crippen molar-refractivity contribution in [1.29, 1.82) is 0 Å². The highest BCUT2D eigenvalue weighted by molar-refractivity contribution is 7.71. The van der Waals surface area contributed by atoms with Crippen molar-refractivity contribution in [2.75, 3.05) is 7.11 Å². The molecule has 1 N–H and O–H groups in total. The predicted octanol–water partition coefficient (Wildman–Crippen LogP) is 3.11. The van der Waals surface area contributed by atoms with Gasteiger partial charge in [0.2, 0.25) is 0 Å². The third-order valence-corrected chi connectivity index (χ3v) is 2.78. The van der Waals surface area contributed by atoms with Crippen LogP contribution < -0.4 is 4.74 Å². The van der Waals surface area contributed by atoms with Gasteiger partial charge in [0.05, 0.1) is 7.11 Å². The normalized spacial score (nSPS) is 10.4. The van der Waals surface area contributed by atoms with Gasteiger partial charge in [-0.1, -0.05) is 31.3 Å². The first-order valence-corrected chi connectivity index (χ1v) is 5.61. The molecular formula is C12H14N2OS. The van der Waals surface area contributed by atoms with Crippen molar-refractivity contribution in [3.63, 3.8) is 0 Å². The van der Waals surface area contributed by atoms with Crippen LogP contribution in [0.5, 0.6) is 5.75 Å². The minimum absolute atomic E-state index is 0.765. The third kappa shape index (κ3) is 1.88. The molecular weight excluding hydrogens is 220 g/mol. The predicted molar refractivity (Wildman–Crippen MR) is 66.9 cm³/mol. The number of rotatable bonds is 3. The monoisotopic (exact) mass is 234 g/mol. The number of nitrogens with zero attached hydrogens (tertiary/aromatic N) is 1. The molecule has 1 heterocycles. The van der Waals surface area contributed by atoms with Crippen molar-refractivity contribution < 1.29 is 4.74 Å². The first-order valence-electron chi connectivity index (χ1n) is 5.20. The zero-order chi connectivity index (χ0) is 11.5. The van der Waals surface area contributed by atoms with Crippen LogP contribution in [0.4, 0.5) is 0 Å². The lowest BCUT2D eigenvalue weighted by molar-refractivity contribution is 0.411. The van der Waals surface area contributed by atoms with Gasteiger partial charge >= 0.3 is 0 Å². The van der Waals surface area contributed by atoms with Crippen LogP contribution in [0.2, 0.25) is 0 Å². The highest BCUT2D eigenvalue weighted by Crippen LogP contribution is 2.22. The summed E-state index contributed by atoms with van der Waals surface area (Å²) in [4.78, 5) is 0. The van der Waals surface area contributed by atoms with Gasteiger partial charge in [-0.15, -0.1) is 0 Å². The molecule has 0 spiro atoms. The Morgan fingerprint density at radius 2 is 2.12 bits per heavy atom. The Kier molecular flexibility index (Phi) is 3.10. The number of hydrogen-bond acceptors (Lipinski definition) is 2. The van der Waals surface area contributed by atoms with E-state index in [0.29, 0.717) is 0 Å². The Balaban J connectivity index is 2.58. The summed E-state index contributed by atoms with van der Waals surface area (Å²) in [6.45, 7) is 2.09. The molecule has 0 aliphatic heterocycles. The lowest BCUT2D eigenvalue weighted by Crippen LogP contribution is -2.00.